The molecule has 0 aliphatic carbocycles. The van der Waals surface area contributed by atoms with Gasteiger partial charge in [-0.15, -0.1) is 11.3 Å². The molecule has 3 heterocycles. The van der Waals surface area contributed by atoms with Gasteiger partial charge in [0.05, 0.1) is 32.0 Å². The van der Waals surface area contributed by atoms with E-state index in [0.29, 0.717) is 17.7 Å². The van der Waals surface area contributed by atoms with E-state index in [-0.39, 0.29) is 34.3 Å². The highest BCUT2D eigenvalue weighted by atomic mass is 32.1. The first kappa shape index (κ1) is 23.0. The van der Waals surface area contributed by atoms with Gasteiger partial charge in [-0.2, -0.15) is 0 Å². The number of anilines is 1. The van der Waals surface area contributed by atoms with Gasteiger partial charge in [0.15, 0.2) is 10.8 Å². The molecule has 5 N–H and O–H groups in total. The fraction of sp³-hybridized carbons (Fsp3) is 0.400. The number of benzene rings is 1. The molecule has 2 aromatic rings. The van der Waals surface area contributed by atoms with E-state index in [1.54, 1.807) is 12.1 Å². The SMILES string of the molecule is C[N+]1(Cc2ccc3c(c2C(=O)[O-])OB(O)C(NC(=O)C(=NO)c2csc(N)n2)C3)CCCC1. The normalized spacial score (nSPS) is 19.6. The Morgan fingerprint density at radius 2 is 2.15 bits per heavy atom. The number of rotatable bonds is 6. The number of carboxylic acids is 1. The molecular weight excluding hydrogens is 449 g/mol. The van der Waals surface area contributed by atoms with Crippen molar-refractivity contribution in [2.75, 3.05) is 25.9 Å². The maximum Gasteiger partial charge on any atom is 0.547 e. The molecule has 11 nitrogen and oxygen atoms in total. The van der Waals surface area contributed by atoms with E-state index in [2.05, 4.69) is 22.5 Å². The molecule has 1 atom stereocenters. The number of carbonyl (C=O) groups is 2. The molecule has 33 heavy (non-hydrogen) atoms. The highest BCUT2D eigenvalue weighted by Gasteiger charge is 2.39. The molecule has 0 saturated carbocycles. The number of aromatic carboxylic acids is 1. The van der Waals surface area contributed by atoms with Crippen LogP contribution in [0.15, 0.2) is 22.7 Å². The van der Waals surface area contributed by atoms with Gasteiger partial charge in [-0.25, -0.2) is 4.98 Å². The van der Waals surface area contributed by atoms with Crippen molar-refractivity contribution < 1.29 is 34.1 Å². The summed E-state index contributed by atoms with van der Waals surface area (Å²) in [5.41, 5.74) is 6.32. The number of nitrogens with zero attached hydrogens (tertiary/aromatic N) is 3. The summed E-state index contributed by atoms with van der Waals surface area (Å²) in [6.45, 7) is 2.43. The number of fused-ring (bicyclic) bond motifs is 1. The average molecular weight is 473 g/mol. The minimum atomic E-state index is -1.52. The zero-order chi connectivity index (χ0) is 23.8. The Morgan fingerprint density at radius 1 is 1.42 bits per heavy atom. The minimum absolute atomic E-state index is 0.0552. The molecule has 0 bridgehead atoms. The monoisotopic (exact) mass is 473 g/mol. The molecule has 1 saturated heterocycles. The summed E-state index contributed by atoms with van der Waals surface area (Å²) < 4.78 is 6.30. The van der Waals surface area contributed by atoms with E-state index in [1.165, 1.54) is 5.38 Å². The van der Waals surface area contributed by atoms with Gasteiger partial charge in [0.2, 0.25) is 0 Å². The number of nitrogens with two attached hydrogens (primary N) is 1. The van der Waals surface area contributed by atoms with Crippen LogP contribution in [0.1, 0.15) is 40.0 Å². The van der Waals surface area contributed by atoms with E-state index in [9.17, 15) is 24.9 Å². The van der Waals surface area contributed by atoms with Crippen LogP contribution >= 0.6 is 11.3 Å². The van der Waals surface area contributed by atoms with Crippen LogP contribution in [-0.2, 0) is 17.8 Å². The van der Waals surface area contributed by atoms with Crippen LogP contribution in [0.25, 0.3) is 0 Å². The van der Waals surface area contributed by atoms with Crippen molar-refractivity contribution in [1.82, 2.24) is 10.3 Å². The van der Waals surface area contributed by atoms with E-state index in [4.69, 9.17) is 10.4 Å². The van der Waals surface area contributed by atoms with Crippen molar-refractivity contribution in [3.05, 3.63) is 39.9 Å². The largest absolute Gasteiger partial charge is 0.547 e. The van der Waals surface area contributed by atoms with Crippen molar-refractivity contribution in [3.8, 4) is 5.75 Å². The zero-order valence-corrected chi connectivity index (χ0v) is 18.8. The lowest BCUT2D eigenvalue weighted by molar-refractivity contribution is -0.910. The fourth-order valence-corrected chi connectivity index (χ4v) is 5.04. The number of carboxylic acid groups (broad SMARTS) is 1. The smallest absolute Gasteiger partial charge is 0.545 e. The van der Waals surface area contributed by atoms with E-state index < -0.39 is 24.9 Å². The van der Waals surface area contributed by atoms with Crippen molar-refractivity contribution in [1.29, 1.82) is 0 Å². The van der Waals surface area contributed by atoms with Crippen LogP contribution in [0, 0.1) is 0 Å². The lowest BCUT2D eigenvalue weighted by atomic mass is 9.72. The molecule has 0 radical (unpaired) electrons. The molecule has 2 aliphatic heterocycles. The maximum atomic E-state index is 12.6. The standard InChI is InChI=1S/C20H24BN5O6S/c1-26(6-2-3-7-26)9-12-5-4-11-8-14(21(30)32-17(11)15(12)19(28)29)24-18(27)16(25-31)13-10-33-20(22)23-13/h4-5,10,14,30H,2-3,6-9H2,1H3,(H4-,22,23,24,27,28,29,31). The highest BCUT2D eigenvalue weighted by molar-refractivity contribution is 7.13. The van der Waals surface area contributed by atoms with Crippen LogP contribution in [0.2, 0.25) is 0 Å². The van der Waals surface area contributed by atoms with E-state index in [1.807, 2.05) is 0 Å². The number of hydrogen-bond acceptors (Lipinski definition) is 10. The molecule has 1 amide bonds. The summed E-state index contributed by atoms with van der Waals surface area (Å²) in [7, 11) is 0.565. The van der Waals surface area contributed by atoms with Crippen LogP contribution < -0.4 is 20.8 Å². The van der Waals surface area contributed by atoms with Crippen molar-refractivity contribution >= 4 is 41.2 Å². The van der Waals surface area contributed by atoms with E-state index >= 15 is 0 Å². The van der Waals surface area contributed by atoms with Gasteiger partial charge in [0, 0.05) is 29.3 Å². The molecule has 1 aromatic heterocycles. The summed E-state index contributed by atoms with van der Waals surface area (Å²) in [6.07, 6.45) is 2.28. The number of carbonyl (C=O) groups excluding carboxylic acids is 2. The lowest BCUT2D eigenvalue weighted by Crippen LogP contribution is -2.55. The Bertz CT molecular complexity index is 1120. The van der Waals surface area contributed by atoms with Gasteiger partial charge < -0.3 is 40.3 Å². The number of nitrogens with one attached hydrogen (secondary N) is 1. The lowest BCUT2D eigenvalue weighted by Gasteiger charge is -2.33. The zero-order valence-electron chi connectivity index (χ0n) is 18.0. The van der Waals surface area contributed by atoms with Crippen LogP contribution in [0.5, 0.6) is 5.75 Å². The molecule has 1 fully saturated rings. The number of quaternary nitrogens is 1. The number of amides is 1. The number of nitrogen functional groups attached to an aromatic ring is 1. The molecular formula is C20H24BN5O6S. The average Bonchev–Trinajstić information content (AvgIpc) is 3.37. The van der Waals surface area contributed by atoms with Gasteiger partial charge in [-0.05, 0) is 12.0 Å². The van der Waals surface area contributed by atoms with Crippen molar-refractivity contribution in [3.63, 3.8) is 0 Å². The van der Waals surface area contributed by atoms with Gasteiger partial charge in [-0.1, -0.05) is 17.3 Å². The number of aromatic nitrogens is 1. The summed E-state index contributed by atoms with van der Waals surface area (Å²) in [6, 6.07) is 3.48. The third-order valence-corrected chi connectivity index (χ3v) is 6.82. The Kier molecular flexibility index (Phi) is 6.28. The summed E-state index contributed by atoms with van der Waals surface area (Å²) in [4.78, 5) is 28.5. The summed E-state index contributed by atoms with van der Waals surface area (Å²) >= 11 is 1.08. The first-order chi connectivity index (χ1) is 15.7. The first-order valence-electron chi connectivity index (χ1n) is 10.5. The number of oxime groups is 1. The van der Waals surface area contributed by atoms with Crippen LogP contribution in [-0.4, -0.2) is 70.5 Å². The van der Waals surface area contributed by atoms with Crippen LogP contribution in [0.3, 0.4) is 0 Å². The molecule has 174 valence electrons. The summed E-state index contributed by atoms with van der Waals surface area (Å²) in [5, 5.41) is 39.0. The summed E-state index contributed by atoms with van der Waals surface area (Å²) in [5.74, 6) is -3.03. The fourth-order valence-electron chi connectivity index (χ4n) is 4.49. The topological polar surface area (TPSA) is 170 Å². The third kappa shape index (κ3) is 4.65. The maximum absolute atomic E-state index is 12.6. The Morgan fingerprint density at radius 3 is 2.76 bits per heavy atom. The number of likely N-dealkylation sites (tertiary alicyclic amines) is 1. The number of hydrogen-bond donors (Lipinski definition) is 4. The van der Waals surface area contributed by atoms with Crippen molar-refractivity contribution in [2.24, 2.45) is 5.16 Å². The van der Waals surface area contributed by atoms with Crippen molar-refractivity contribution in [2.45, 2.75) is 31.7 Å². The quantitative estimate of drug-likeness (QED) is 0.138. The molecule has 2 aliphatic rings. The van der Waals surface area contributed by atoms with E-state index in [0.717, 1.165) is 41.8 Å². The molecule has 1 unspecified atom stereocenters. The van der Waals surface area contributed by atoms with Gasteiger partial charge in [0.1, 0.15) is 18.0 Å². The predicted molar refractivity (Wildman–Crippen MR) is 119 cm³/mol. The highest BCUT2D eigenvalue weighted by Crippen LogP contribution is 2.34. The minimum Gasteiger partial charge on any atom is -0.545 e. The van der Waals surface area contributed by atoms with Crippen LogP contribution in [0.4, 0.5) is 5.13 Å². The number of thiazole rings is 1. The Balaban J connectivity index is 1.56. The van der Waals surface area contributed by atoms with Gasteiger partial charge in [0.25, 0.3) is 5.91 Å². The predicted octanol–water partition coefficient (Wildman–Crippen LogP) is -0.853. The second-order valence-corrected chi connectivity index (χ2v) is 9.51. The molecule has 13 heteroatoms. The molecule has 1 aromatic carbocycles. The molecule has 0 spiro atoms. The molecule has 4 rings (SSSR count). The van der Waals surface area contributed by atoms with Gasteiger partial charge in [-0.3, -0.25) is 4.79 Å². The van der Waals surface area contributed by atoms with Gasteiger partial charge >= 0.3 is 7.12 Å². The second kappa shape index (κ2) is 9.00. The second-order valence-electron chi connectivity index (χ2n) is 8.62. The third-order valence-electron chi connectivity index (χ3n) is 6.15. The Hall–Kier alpha value is -3.16. The Labute approximate surface area is 194 Å². The first-order valence-corrected chi connectivity index (χ1v) is 11.4.